The Kier molecular flexibility index (Phi) is 5.83. The number of ether oxygens (including phenoxy) is 2. The van der Waals surface area contributed by atoms with Crippen LogP contribution in [0.15, 0.2) is 53.4 Å². The minimum Gasteiger partial charge on any atom is -0.465 e. The lowest BCUT2D eigenvalue weighted by molar-refractivity contribution is -0.274. The van der Waals surface area contributed by atoms with Gasteiger partial charge in [-0.3, -0.25) is 9.59 Å². The number of esters is 1. The fraction of sp³-hybridized carbons (Fsp3) is 0.211. The van der Waals surface area contributed by atoms with Gasteiger partial charge in [0, 0.05) is 11.3 Å². The number of rotatable bonds is 5. The molecule has 1 atom stereocenters. The van der Waals surface area contributed by atoms with Gasteiger partial charge in [0.05, 0.1) is 23.6 Å². The second-order valence-electron chi connectivity index (χ2n) is 5.91. The predicted octanol–water partition coefficient (Wildman–Crippen LogP) is 3.80. The van der Waals surface area contributed by atoms with E-state index >= 15 is 0 Å². The Morgan fingerprint density at radius 3 is 2.38 bits per heavy atom. The zero-order valence-electron chi connectivity index (χ0n) is 14.9. The molecule has 1 saturated heterocycles. The van der Waals surface area contributed by atoms with Gasteiger partial charge < -0.3 is 9.47 Å². The molecule has 0 spiro atoms. The fourth-order valence-corrected chi connectivity index (χ4v) is 3.94. The summed E-state index contributed by atoms with van der Waals surface area (Å²) in [6, 6.07) is 11.0. The first-order valence-electron chi connectivity index (χ1n) is 8.26. The Bertz CT molecular complexity index is 946. The lowest BCUT2D eigenvalue weighted by Gasteiger charge is -2.16. The maximum atomic E-state index is 12.7. The van der Waals surface area contributed by atoms with Crippen LogP contribution in [0.2, 0.25) is 0 Å². The zero-order chi connectivity index (χ0) is 21.2. The molecule has 0 saturated carbocycles. The molecule has 1 fully saturated rings. The van der Waals surface area contributed by atoms with E-state index in [1.807, 2.05) is 0 Å². The Hall–Kier alpha value is -3.01. The maximum Gasteiger partial charge on any atom is 0.573 e. The number of methoxy groups -OCH3 is 1. The highest BCUT2D eigenvalue weighted by Crippen LogP contribution is 2.36. The van der Waals surface area contributed by atoms with Crippen LogP contribution in [-0.2, 0) is 14.3 Å². The van der Waals surface area contributed by atoms with Gasteiger partial charge in [0.1, 0.15) is 5.75 Å². The summed E-state index contributed by atoms with van der Waals surface area (Å²) < 4.78 is 45.3. The fourth-order valence-electron chi connectivity index (χ4n) is 2.77. The summed E-state index contributed by atoms with van der Waals surface area (Å²) in [6.45, 7) is 0. The molecular formula is C19H14F3NO5S. The van der Waals surface area contributed by atoms with Crippen molar-refractivity contribution < 1.29 is 37.0 Å². The van der Waals surface area contributed by atoms with Crippen molar-refractivity contribution in [1.29, 1.82) is 0 Å². The molecule has 0 bridgehead atoms. The molecule has 2 aromatic rings. The summed E-state index contributed by atoms with van der Waals surface area (Å²) in [6.07, 6.45) is -4.95. The minimum atomic E-state index is -4.84. The van der Waals surface area contributed by atoms with Gasteiger partial charge in [0.25, 0.3) is 0 Å². The lowest BCUT2D eigenvalue weighted by atomic mass is 10.2. The summed E-state index contributed by atoms with van der Waals surface area (Å²) in [7, 11) is 1.24. The first-order chi connectivity index (χ1) is 13.7. The second kappa shape index (κ2) is 8.16. The van der Waals surface area contributed by atoms with Crippen molar-refractivity contribution in [2.24, 2.45) is 0 Å². The molecule has 6 nitrogen and oxygen atoms in total. The molecule has 1 heterocycles. The number of benzene rings is 2. The monoisotopic (exact) mass is 425 g/mol. The van der Waals surface area contributed by atoms with Crippen LogP contribution >= 0.6 is 11.8 Å². The van der Waals surface area contributed by atoms with Crippen molar-refractivity contribution >= 4 is 35.2 Å². The van der Waals surface area contributed by atoms with Crippen LogP contribution in [0.3, 0.4) is 0 Å². The normalized spacial score (nSPS) is 16.8. The predicted molar refractivity (Wildman–Crippen MR) is 97.7 cm³/mol. The summed E-state index contributed by atoms with van der Waals surface area (Å²) in [5.74, 6) is -2.04. The first-order valence-corrected chi connectivity index (χ1v) is 9.14. The third-order valence-electron chi connectivity index (χ3n) is 4.00. The molecule has 152 valence electrons. The average molecular weight is 425 g/mol. The van der Waals surface area contributed by atoms with E-state index in [0.29, 0.717) is 4.90 Å². The van der Waals surface area contributed by atoms with Gasteiger partial charge in [-0.25, -0.2) is 9.69 Å². The molecule has 0 aromatic heterocycles. The number of thioether (sulfide) groups is 1. The van der Waals surface area contributed by atoms with E-state index in [9.17, 15) is 27.6 Å². The largest absolute Gasteiger partial charge is 0.573 e. The Balaban J connectivity index is 1.78. The maximum absolute atomic E-state index is 12.7. The number of hydrogen-bond donors (Lipinski definition) is 0. The van der Waals surface area contributed by atoms with E-state index in [2.05, 4.69) is 4.74 Å². The topological polar surface area (TPSA) is 72.9 Å². The van der Waals surface area contributed by atoms with Crippen molar-refractivity contribution in [3.05, 3.63) is 54.1 Å². The van der Waals surface area contributed by atoms with Crippen LogP contribution in [0.1, 0.15) is 16.8 Å². The van der Waals surface area contributed by atoms with Gasteiger partial charge in [0.15, 0.2) is 0 Å². The van der Waals surface area contributed by atoms with E-state index in [0.717, 1.165) is 28.8 Å². The van der Waals surface area contributed by atoms with Gasteiger partial charge in [-0.05, 0) is 36.4 Å². The van der Waals surface area contributed by atoms with Crippen LogP contribution in [0, 0.1) is 0 Å². The van der Waals surface area contributed by atoms with Gasteiger partial charge in [-0.1, -0.05) is 12.1 Å². The number of carbonyl (C=O) groups excluding carboxylic acids is 3. The van der Waals surface area contributed by atoms with Crippen molar-refractivity contribution in [3.8, 4) is 5.75 Å². The van der Waals surface area contributed by atoms with Gasteiger partial charge in [0.2, 0.25) is 11.8 Å². The quantitative estimate of drug-likeness (QED) is 0.536. The van der Waals surface area contributed by atoms with E-state index < -0.39 is 35.1 Å². The van der Waals surface area contributed by atoms with Crippen molar-refractivity contribution in [2.75, 3.05) is 12.0 Å². The average Bonchev–Trinajstić information content (AvgIpc) is 2.94. The van der Waals surface area contributed by atoms with Crippen LogP contribution < -0.4 is 9.64 Å². The number of anilines is 1. The summed E-state index contributed by atoms with van der Waals surface area (Å²) in [5, 5.41) is -0.778. The Morgan fingerprint density at radius 2 is 1.76 bits per heavy atom. The smallest absolute Gasteiger partial charge is 0.465 e. The summed E-state index contributed by atoms with van der Waals surface area (Å²) in [4.78, 5) is 38.4. The second-order valence-corrected chi connectivity index (χ2v) is 7.15. The third kappa shape index (κ3) is 4.70. The standard InChI is InChI=1S/C19H14F3NO5S/c1-27-18(26)13-4-2-3-5-14(13)29-15-10-16(24)23(17(15)25)11-6-8-12(9-7-11)28-19(20,21)22/h2-9,15H,10H2,1H3/t15-/m1/s1. The highest BCUT2D eigenvalue weighted by molar-refractivity contribution is 8.00. The van der Waals surface area contributed by atoms with Crippen LogP contribution in [0.4, 0.5) is 18.9 Å². The van der Waals surface area contributed by atoms with Gasteiger partial charge in [-0.15, -0.1) is 24.9 Å². The first kappa shape index (κ1) is 20.7. The number of amides is 2. The number of alkyl halides is 3. The molecular weight excluding hydrogens is 411 g/mol. The Morgan fingerprint density at radius 1 is 1.10 bits per heavy atom. The van der Waals surface area contributed by atoms with Crippen LogP contribution in [-0.4, -0.2) is 36.5 Å². The highest BCUT2D eigenvalue weighted by Gasteiger charge is 2.40. The van der Waals surface area contributed by atoms with E-state index in [1.165, 1.54) is 19.2 Å². The van der Waals surface area contributed by atoms with Crippen molar-refractivity contribution in [2.45, 2.75) is 22.9 Å². The molecule has 0 radical (unpaired) electrons. The number of nitrogens with zero attached hydrogens (tertiary/aromatic N) is 1. The van der Waals surface area contributed by atoms with E-state index in [-0.39, 0.29) is 17.7 Å². The third-order valence-corrected chi connectivity index (χ3v) is 5.26. The number of hydrogen-bond acceptors (Lipinski definition) is 6. The van der Waals surface area contributed by atoms with Gasteiger partial charge in [-0.2, -0.15) is 0 Å². The Labute approximate surface area is 167 Å². The molecule has 3 rings (SSSR count). The summed E-state index contributed by atoms with van der Waals surface area (Å²) in [5.41, 5.74) is 0.409. The molecule has 0 N–H and O–H groups in total. The molecule has 2 amide bonds. The van der Waals surface area contributed by atoms with E-state index in [1.54, 1.807) is 24.3 Å². The number of carbonyl (C=O) groups is 3. The molecule has 10 heteroatoms. The molecule has 2 aromatic carbocycles. The number of imide groups is 1. The molecule has 0 aliphatic carbocycles. The zero-order valence-corrected chi connectivity index (χ0v) is 15.8. The van der Waals surface area contributed by atoms with E-state index in [4.69, 9.17) is 4.74 Å². The molecule has 1 aliphatic heterocycles. The van der Waals surface area contributed by atoms with Gasteiger partial charge >= 0.3 is 12.3 Å². The van der Waals surface area contributed by atoms with Crippen LogP contribution in [0.25, 0.3) is 0 Å². The summed E-state index contributed by atoms with van der Waals surface area (Å²) >= 11 is 1.06. The van der Waals surface area contributed by atoms with Crippen LogP contribution in [0.5, 0.6) is 5.75 Å². The molecule has 29 heavy (non-hydrogen) atoms. The lowest BCUT2D eigenvalue weighted by Crippen LogP contribution is -2.31. The highest BCUT2D eigenvalue weighted by atomic mass is 32.2. The number of halogens is 3. The minimum absolute atomic E-state index is 0.111. The van der Waals surface area contributed by atoms with Crippen molar-refractivity contribution in [3.63, 3.8) is 0 Å². The SMILES string of the molecule is COC(=O)c1ccccc1S[C@@H]1CC(=O)N(c2ccc(OC(F)(F)F)cc2)C1=O. The molecule has 1 aliphatic rings. The molecule has 0 unspecified atom stereocenters. The van der Waals surface area contributed by atoms with Crippen molar-refractivity contribution in [1.82, 2.24) is 0 Å².